The second kappa shape index (κ2) is 7.10. The Hall–Kier alpha value is -1.46. The summed E-state index contributed by atoms with van der Waals surface area (Å²) in [5, 5.41) is 3.69. The van der Waals surface area contributed by atoms with E-state index in [0.29, 0.717) is 34.4 Å². The molecule has 1 aromatic rings. The molecule has 0 spiro atoms. The molecule has 5 rings (SSSR count). The molecule has 1 saturated carbocycles. The van der Waals surface area contributed by atoms with Crippen molar-refractivity contribution in [3.63, 3.8) is 0 Å². The molecule has 6 heteroatoms. The molecule has 1 aromatic carbocycles. The van der Waals surface area contributed by atoms with Gasteiger partial charge in [-0.15, -0.1) is 0 Å². The first-order valence-corrected chi connectivity index (χ1v) is 11.2. The zero-order valence-electron chi connectivity index (χ0n) is 16.5. The fourth-order valence-corrected chi connectivity index (χ4v) is 6.25. The van der Waals surface area contributed by atoms with E-state index in [4.69, 9.17) is 22.1 Å². The van der Waals surface area contributed by atoms with E-state index in [1.807, 2.05) is 0 Å². The van der Waals surface area contributed by atoms with E-state index in [2.05, 4.69) is 17.3 Å². The standard InChI is InChI=1S/C22H30ClN3O2/c1-26-13-5-4-6-14(26)10-12(9-13)22(27)25-17-11-16(23)20(24)19-15-7-2-3-8-18(15)28-21(17)19/h11-15,18H,2-10,24H2,1H3,(H,25,27). The number of nitrogens with one attached hydrogen (secondary N) is 1. The van der Waals surface area contributed by atoms with E-state index in [0.717, 1.165) is 37.0 Å². The van der Waals surface area contributed by atoms with Crippen molar-refractivity contribution in [1.82, 2.24) is 4.90 Å². The minimum Gasteiger partial charge on any atom is -0.487 e. The monoisotopic (exact) mass is 403 g/mol. The third kappa shape index (κ3) is 2.98. The smallest absolute Gasteiger partial charge is 0.227 e. The predicted octanol–water partition coefficient (Wildman–Crippen LogP) is 4.54. The highest BCUT2D eigenvalue weighted by molar-refractivity contribution is 6.33. The highest BCUT2D eigenvalue weighted by Gasteiger charge is 2.42. The maximum Gasteiger partial charge on any atom is 0.227 e. The van der Waals surface area contributed by atoms with Crippen molar-refractivity contribution in [2.24, 2.45) is 5.92 Å². The van der Waals surface area contributed by atoms with Gasteiger partial charge in [-0.05, 0) is 58.1 Å². The summed E-state index contributed by atoms with van der Waals surface area (Å²) in [6.07, 6.45) is 10.2. The molecule has 2 saturated heterocycles. The summed E-state index contributed by atoms with van der Waals surface area (Å²) in [7, 11) is 2.21. The van der Waals surface area contributed by atoms with Gasteiger partial charge < -0.3 is 20.7 Å². The van der Waals surface area contributed by atoms with E-state index in [-0.39, 0.29) is 17.9 Å². The van der Waals surface area contributed by atoms with Crippen molar-refractivity contribution >= 4 is 28.9 Å². The molecule has 1 amide bonds. The molecule has 3 heterocycles. The number of ether oxygens (including phenoxy) is 1. The van der Waals surface area contributed by atoms with Crippen LogP contribution < -0.4 is 15.8 Å². The lowest BCUT2D eigenvalue weighted by molar-refractivity contribution is -0.123. The Morgan fingerprint density at radius 3 is 2.64 bits per heavy atom. The summed E-state index contributed by atoms with van der Waals surface area (Å²) in [4.78, 5) is 15.6. The number of amides is 1. The summed E-state index contributed by atoms with van der Waals surface area (Å²) in [6, 6.07) is 2.84. The third-order valence-corrected chi connectivity index (χ3v) is 7.93. The lowest BCUT2D eigenvalue weighted by Crippen LogP contribution is -2.51. The maximum absolute atomic E-state index is 13.2. The zero-order valence-corrected chi connectivity index (χ0v) is 17.3. The van der Waals surface area contributed by atoms with Gasteiger partial charge in [-0.25, -0.2) is 0 Å². The predicted molar refractivity (Wildman–Crippen MR) is 112 cm³/mol. The summed E-state index contributed by atoms with van der Waals surface area (Å²) in [5.41, 5.74) is 8.68. The van der Waals surface area contributed by atoms with E-state index in [1.54, 1.807) is 6.07 Å². The number of hydrogen-bond donors (Lipinski definition) is 2. The molecule has 0 aromatic heterocycles. The summed E-state index contributed by atoms with van der Waals surface area (Å²) in [5.74, 6) is 1.23. The number of benzene rings is 1. The second-order valence-electron chi connectivity index (χ2n) is 9.17. The van der Waals surface area contributed by atoms with Gasteiger partial charge in [-0.2, -0.15) is 0 Å². The highest BCUT2D eigenvalue weighted by atomic mass is 35.5. The first kappa shape index (κ1) is 18.6. The first-order valence-electron chi connectivity index (χ1n) is 10.8. The number of piperidine rings is 2. The summed E-state index contributed by atoms with van der Waals surface area (Å²) >= 11 is 6.46. The summed E-state index contributed by atoms with van der Waals surface area (Å²) in [6.45, 7) is 0. The van der Waals surface area contributed by atoms with Crippen molar-refractivity contribution in [3.05, 3.63) is 16.7 Å². The number of rotatable bonds is 2. The van der Waals surface area contributed by atoms with E-state index in [1.165, 1.54) is 32.1 Å². The van der Waals surface area contributed by atoms with Gasteiger partial charge in [-0.1, -0.05) is 24.4 Å². The van der Waals surface area contributed by atoms with Gasteiger partial charge in [0.15, 0.2) is 0 Å². The molecule has 3 fully saturated rings. The highest BCUT2D eigenvalue weighted by Crippen LogP contribution is 2.53. The Bertz CT molecular complexity index is 784. The molecule has 2 bridgehead atoms. The quantitative estimate of drug-likeness (QED) is 0.711. The normalized spacial score (nSPS) is 34.3. The average molecular weight is 404 g/mol. The van der Waals surface area contributed by atoms with Gasteiger partial charge >= 0.3 is 0 Å². The number of nitrogens with zero attached hydrogens (tertiary/aromatic N) is 1. The maximum atomic E-state index is 13.2. The molecule has 3 aliphatic heterocycles. The fourth-order valence-electron chi connectivity index (χ4n) is 6.04. The first-order chi connectivity index (χ1) is 13.5. The molecular formula is C22H30ClN3O2. The molecule has 5 nitrogen and oxygen atoms in total. The Balaban J connectivity index is 1.40. The molecule has 4 atom stereocenters. The van der Waals surface area contributed by atoms with Crippen LogP contribution in [0.5, 0.6) is 5.75 Å². The lowest BCUT2D eigenvalue weighted by atomic mass is 9.78. The molecule has 4 unspecified atom stereocenters. The van der Waals surface area contributed by atoms with Crippen LogP contribution in [0, 0.1) is 5.92 Å². The van der Waals surface area contributed by atoms with Crippen molar-refractivity contribution in [2.45, 2.75) is 81.9 Å². The molecule has 152 valence electrons. The van der Waals surface area contributed by atoms with Gasteiger partial charge in [0.25, 0.3) is 0 Å². The van der Waals surface area contributed by atoms with Crippen LogP contribution in [0.3, 0.4) is 0 Å². The topological polar surface area (TPSA) is 67.6 Å². The largest absolute Gasteiger partial charge is 0.487 e. The van der Waals surface area contributed by atoms with Crippen LogP contribution in [0.1, 0.15) is 69.3 Å². The fraction of sp³-hybridized carbons (Fsp3) is 0.682. The average Bonchev–Trinajstić information content (AvgIpc) is 3.05. The van der Waals surface area contributed by atoms with Crippen LogP contribution in [0.2, 0.25) is 5.02 Å². The van der Waals surface area contributed by atoms with E-state index in [9.17, 15) is 4.79 Å². The molecular weight excluding hydrogens is 374 g/mol. The van der Waals surface area contributed by atoms with Crippen molar-refractivity contribution in [2.75, 3.05) is 18.1 Å². The third-order valence-electron chi connectivity index (χ3n) is 7.62. The van der Waals surface area contributed by atoms with Gasteiger partial charge in [0, 0.05) is 29.5 Å². The Labute approximate surface area is 171 Å². The number of anilines is 2. The number of carbonyl (C=O) groups is 1. The number of nitrogens with two attached hydrogens (primary N) is 1. The Morgan fingerprint density at radius 1 is 1.18 bits per heavy atom. The minimum absolute atomic E-state index is 0.0576. The molecule has 28 heavy (non-hydrogen) atoms. The van der Waals surface area contributed by atoms with Gasteiger partial charge in [-0.3, -0.25) is 4.79 Å². The van der Waals surface area contributed by atoms with Crippen molar-refractivity contribution < 1.29 is 9.53 Å². The molecule has 0 radical (unpaired) electrons. The Morgan fingerprint density at radius 2 is 1.89 bits per heavy atom. The zero-order chi connectivity index (χ0) is 19.4. The van der Waals surface area contributed by atoms with Crippen LogP contribution in [0.4, 0.5) is 11.4 Å². The number of carbonyl (C=O) groups excluding carboxylic acids is 1. The van der Waals surface area contributed by atoms with Gasteiger partial charge in [0.1, 0.15) is 11.9 Å². The van der Waals surface area contributed by atoms with Gasteiger partial charge in [0.2, 0.25) is 5.91 Å². The molecule has 4 aliphatic rings. The summed E-state index contributed by atoms with van der Waals surface area (Å²) < 4.78 is 6.30. The van der Waals surface area contributed by atoms with E-state index < -0.39 is 0 Å². The molecule has 1 aliphatic carbocycles. The van der Waals surface area contributed by atoms with Crippen LogP contribution in [0.15, 0.2) is 6.07 Å². The van der Waals surface area contributed by atoms with Crippen LogP contribution in [-0.2, 0) is 4.79 Å². The van der Waals surface area contributed by atoms with Crippen molar-refractivity contribution in [3.8, 4) is 5.75 Å². The van der Waals surface area contributed by atoms with Crippen molar-refractivity contribution in [1.29, 1.82) is 0 Å². The van der Waals surface area contributed by atoms with Crippen LogP contribution in [-0.4, -0.2) is 36.0 Å². The van der Waals surface area contributed by atoms with Crippen LogP contribution in [0.25, 0.3) is 0 Å². The SMILES string of the molecule is CN1C2CCCC1CC(C(=O)Nc1cc(Cl)c(N)c3c1OC1CCCCC31)C2. The minimum atomic E-state index is 0.0576. The van der Waals surface area contributed by atoms with E-state index >= 15 is 0 Å². The number of halogens is 1. The molecule has 3 N–H and O–H groups in total. The Kier molecular flexibility index (Phi) is 4.71. The van der Waals surface area contributed by atoms with Gasteiger partial charge in [0.05, 0.1) is 16.4 Å². The van der Waals surface area contributed by atoms with Crippen LogP contribution >= 0.6 is 11.6 Å². The number of fused-ring (bicyclic) bond motifs is 5. The number of nitrogen functional groups attached to an aromatic ring is 1. The number of hydrogen-bond acceptors (Lipinski definition) is 4. The second-order valence-corrected chi connectivity index (χ2v) is 9.58. The lowest BCUT2D eigenvalue weighted by Gasteiger charge is -2.46.